The molecule has 122 valence electrons. The van der Waals surface area contributed by atoms with Gasteiger partial charge in [-0.05, 0) is 24.7 Å². The number of amides is 2. The summed E-state index contributed by atoms with van der Waals surface area (Å²) >= 11 is 0. The van der Waals surface area contributed by atoms with Crippen molar-refractivity contribution in [2.24, 2.45) is 5.41 Å². The third kappa shape index (κ3) is 7.45. The van der Waals surface area contributed by atoms with E-state index in [1.807, 2.05) is 0 Å². The second-order valence-electron chi connectivity index (χ2n) is 5.87. The van der Waals surface area contributed by atoms with Gasteiger partial charge in [0.25, 0.3) is 0 Å². The quantitative estimate of drug-likeness (QED) is 0.591. The molecule has 21 heavy (non-hydrogen) atoms. The fraction of sp³-hybridized carbons (Fsp3) is 0.857. The monoisotopic (exact) mass is 318 g/mol. The predicted octanol–water partition coefficient (Wildman–Crippen LogP) is 1.48. The molecule has 7 heteroatoms. The molecule has 0 radical (unpaired) electrons. The van der Waals surface area contributed by atoms with Gasteiger partial charge in [0.2, 0.25) is 0 Å². The van der Waals surface area contributed by atoms with Crippen LogP contribution in [0.25, 0.3) is 0 Å². The van der Waals surface area contributed by atoms with Crippen LogP contribution in [0.1, 0.15) is 44.9 Å². The minimum absolute atomic E-state index is 0.113. The molecule has 0 aliphatic heterocycles. The maximum atomic E-state index is 11.7. The van der Waals surface area contributed by atoms with Gasteiger partial charge >= 0.3 is 12.0 Å². The number of urea groups is 1. The van der Waals surface area contributed by atoms with Crippen molar-refractivity contribution in [2.75, 3.05) is 25.1 Å². The van der Waals surface area contributed by atoms with Gasteiger partial charge in [0, 0.05) is 35.9 Å². The molecule has 0 aromatic heterocycles. The summed E-state index contributed by atoms with van der Waals surface area (Å²) in [7, 11) is -0.838. The molecular formula is C14H26N2O4S. The highest BCUT2D eigenvalue weighted by molar-refractivity contribution is 7.84. The third-order valence-corrected chi connectivity index (χ3v) is 4.82. The van der Waals surface area contributed by atoms with E-state index in [-0.39, 0.29) is 17.9 Å². The molecule has 0 heterocycles. The molecule has 1 fully saturated rings. The molecule has 0 aromatic rings. The Morgan fingerprint density at radius 3 is 2.43 bits per heavy atom. The first-order valence-electron chi connectivity index (χ1n) is 7.47. The zero-order valence-electron chi connectivity index (χ0n) is 12.7. The van der Waals surface area contributed by atoms with Crippen molar-refractivity contribution in [1.29, 1.82) is 0 Å². The first-order chi connectivity index (χ1) is 9.93. The number of hydrogen-bond donors (Lipinski definition) is 3. The summed E-state index contributed by atoms with van der Waals surface area (Å²) < 4.78 is 10.9. The number of hydrogen-bond acceptors (Lipinski definition) is 3. The van der Waals surface area contributed by atoms with Crippen molar-refractivity contribution in [3.8, 4) is 0 Å². The van der Waals surface area contributed by atoms with E-state index in [1.54, 1.807) is 6.26 Å². The van der Waals surface area contributed by atoms with Crippen molar-refractivity contribution >= 4 is 22.8 Å². The Kier molecular flexibility index (Phi) is 7.71. The molecule has 1 atom stereocenters. The Morgan fingerprint density at radius 2 is 1.86 bits per heavy atom. The Labute approximate surface area is 128 Å². The molecule has 6 nitrogen and oxygen atoms in total. The highest BCUT2D eigenvalue weighted by Gasteiger charge is 2.34. The van der Waals surface area contributed by atoms with Gasteiger partial charge < -0.3 is 15.7 Å². The smallest absolute Gasteiger partial charge is 0.314 e. The van der Waals surface area contributed by atoms with Crippen molar-refractivity contribution in [3.05, 3.63) is 0 Å². The van der Waals surface area contributed by atoms with Gasteiger partial charge in [0.05, 0.1) is 6.42 Å². The van der Waals surface area contributed by atoms with Crippen molar-refractivity contribution < 1.29 is 18.9 Å². The van der Waals surface area contributed by atoms with Crippen LogP contribution >= 0.6 is 0 Å². The van der Waals surface area contributed by atoms with E-state index in [9.17, 15) is 13.8 Å². The first-order valence-corrected chi connectivity index (χ1v) is 9.20. The Hall–Kier alpha value is -1.11. The predicted molar refractivity (Wildman–Crippen MR) is 82.7 cm³/mol. The van der Waals surface area contributed by atoms with Crippen LogP contribution < -0.4 is 10.6 Å². The average Bonchev–Trinajstić information content (AvgIpc) is 2.41. The van der Waals surface area contributed by atoms with Crippen LogP contribution in [0.4, 0.5) is 4.79 Å². The van der Waals surface area contributed by atoms with Gasteiger partial charge in [0.1, 0.15) is 0 Å². The van der Waals surface area contributed by atoms with E-state index in [2.05, 4.69) is 10.6 Å². The number of carbonyl (C=O) groups is 2. The van der Waals surface area contributed by atoms with Crippen LogP contribution in [0, 0.1) is 5.41 Å². The molecule has 3 N–H and O–H groups in total. The molecule has 0 aromatic carbocycles. The van der Waals surface area contributed by atoms with Crippen molar-refractivity contribution in [2.45, 2.75) is 44.9 Å². The summed E-state index contributed by atoms with van der Waals surface area (Å²) in [6.07, 6.45) is 7.33. The van der Waals surface area contributed by atoms with Crippen LogP contribution in [0.3, 0.4) is 0 Å². The second kappa shape index (κ2) is 9.02. The van der Waals surface area contributed by atoms with Gasteiger partial charge in [-0.25, -0.2) is 4.79 Å². The molecule has 2 amide bonds. The number of rotatable bonds is 8. The summed E-state index contributed by atoms with van der Waals surface area (Å²) in [5, 5.41) is 14.6. The summed E-state index contributed by atoms with van der Waals surface area (Å²) in [5.41, 5.74) is -0.299. The molecule has 1 aliphatic carbocycles. The lowest BCUT2D eigenvalue weighted by molar-refractivity contribution is -0.140. The summed E-state index contributed by atoms with van der Waals surface area (Å²) in [4.78, 5) is 22.7. The second-order valence-corrected chi connectivity index (χ2v) is 7.43. The third-order valence-electron chi connectivity index (χ3n) is 3.96. The summed E-state index contributed by atoms with van der Waals surface area (Å²) in [6.45, 7) is 0.891. The largest absolute Gasteiger partial charge is 0.481 e. The van der Waals surface area contributed by atoms with E-state index in [4.69, 9.17) is 5.11 Å². The molecule has 0 saturated heterocycles. The van der Waals surface area contributed by atoms with Gasteiger partial charge in [-0.3, -0.25) is 9.00 Å². The standard InChI is InChI=1S/C14H26N2O4S/c1-21(20)9-5-8-15-13(19)16-11-14(10-12(17)18)6-3-2-4-7-14/h2-11H2,1H3,(H,17,18)(H2,15,16,19). The number of carboxylic acids is 1. The van der Waals surface area contributed by atoms with E-state index < -0.39 is 16.8 Å². The molecule has 0 bridgehead atoms. The molecule has 1 aliphatic rings. The van der Waals surface area contributed by atoms with E-state index in [1.165, 1.54) is 0 Å². The lowest BCUT2D eigenvalue weighted by Crippen LogP contribution is -2.44. The normalized spacial score (nSPS) is 18.7. The highest BCUT2D eigenvalue weighted by atomic mass is 32.2. The number of nitrogens with one attached hydrogen (secondary N) is 2. The highest BCUT2D eigenvalue weighted by Crippen LogP contribution is 2.38. The van der Waals surface area contributed by atoms with Gasteiger partial charge in [-0.1, -0.05) is 19.3 Å². The lowest BCUT2D eigenvalue weighted by Gasteiger charge is -2.36. The zero-order valence-corrected chi connectivity index (χ0v) is 13.5. The maximum Gasteiger partial charge on any atom is 0.314 e. The van der Waals surface area contributed by atoms with Crippen molar-refractivity contribution in [3.63, 3.8) is 0 Å². The number of aliphatic carboxylic acids is 1. The van der Waals surface area contributed by atoms with Crippen LogP contribution in [0.2, 0.25) is 0 Å². The fourth-order valence-electron chi connectivity index (χ4n) is 2.85. The van der Waals surface area contributed by atoms with E-state index >= 15 is 0 Å². The zero-order chi connectivity index (χ0) is 15.7. The van der Waals surface area contributed by atoms with Crippen LogP contribution in [0.15, 0.2) is 0 Å². The van der Waals surface area contributed by atoms with E-state index in [0.29, 0.717) is 25.3 Å². The average molecular weight is 318 g/mol. The maximum absolute atomic E-state index is 11.7. The van der Waals surface area contributed by atoms with Crippen LogP contribution in [0.5, 0.6) is 0 Å². The summed E-state index contributed by atoms with van der Waals surface area (Å²) in [5.74, 6) is -0.229. The van der Waals surface area contributed by atoms with Crippen LogP contribution in [-0.2, 0) is 15.6 Å². The minimum Gasteiger partial charge on any atom is -0.481 e. The molecule has 1 unspecified atom stereocenters. The SMILES string of the molecule is CS(=O)CCCNC(=O)NCC1(CC(=O)O)CCCCC1. The first kappa shape index (κ1) is 17.9. The summed E-state index contributed by atoms with van der Waals surface area (Å²) in [6, 6.07) is -0.271. The fourth-order valence-corrected chi connectivity index (χ4v) is 3.40. The van der Waals surface area contributed by atoms with Crippen molar-refractivity contribution in [1.82, 2.24) is 10.6 Å². The van der Waals surface area contributed by atoms with Gasteiger partial charge in [0.15, 0.2) is 0 Å². The van der Waals surface area contributed by atoms with Crippen LogP contribution in [-0.4, -0.2) is 46.4 Å². The molecule has 1 saturated carbocycles. The molecule has 0 spiro atoms. The minimum atomic E-state index is -0.838. The number of carbonyl (C=O) groups excluding carboxylic acids is 1. The Morgan fingerprint density at radius 1 is 1.19 bits per heavy atom. The Bertz CT molecular complexity index is 381. The molecule has 1 rings (SSSR count). The molecular weight excluding hydrogens is 292 g/mol. The van der Waals surface area contributed by atoms with E-state index in [0.717, 1.165) is 32.1 Å². The number of carboxylic acid groups (broad SMARTS) is 1. The Balaban J connectivity index is 2.33. The lowest BCUT2D eigenvalue weighted by atomic mass is 9.72. The van der Waals surface area contributed by atoms with Gasteiger partial charge in [-0.2, -0.15) is 0 Å². The topological polar surface area (TPSA) is 95.5 Å². The van der Waals surface area contributed by atoms with Gasteiger partial charge in [-0.15, -0.1) is 0 Å².